The Hall–Kier alpha value is -3.80. The highest BCUT2D eigenvalue weighted by Gasteiger charge is 2.36. The first-order chi connectivity index (χ1) is 16.8. The van der Waals surface area contributed by atoms with E-state index in [1.54, 1.807) is 7.11 Å². The Morgan fingerprint density at radius 2 is 1.77 bits per heavy atom. The maximum Gasteiger partial charge on any atom is 0.232 e. The molecule has 1 heterocycles. The Bertz CT molecular complexity index is 1220. The van der Waals surface area contributed by atoms with Crippen molar-refractivity contribution in [1.29, 1.82) is 0 Å². The summed E-state index contributed by atoms with van der Waals surface area (Å²) >= 11 is 0. The summed E-state index contributed by atoms with van der Waals surface area (Å²) in [4.78, 5) is 26.8. The molecule has 3 aromatic carbocycles. The SMILES string of the molecule is CC[C@@H](C)Oc1cc2c(cc1OC)CC(=O)N(c1ccc(NC(C)=O)cc1)C2c1ccc(C)cc1. The summed E-state index contributed by atoms with van der Waals surface area (Å²) in [6.07, 6.45) is 1.15. The van der Waals surface area contributed by atoms with Gasteiger partial charge < -0.3 is 19.7 Å². The minimum Gasteiger partial charge on any atom is -0.493 e. The average Bonchev–Trinajstić information content (AvgIpc) is 2.84. The third kappa shape index (κ3) is 5.16. The lowest BCUT2D eigenvalue weighted by atomic mass is 9.86. The van der Waals surface area contributed by atoms with Gasteiger partial charge in [-0.15, -0.1) is 0 Å². The van der Waals surface area contributed by atoms with Crippen LogP contribution in [0.25, 0.3) is 0 Å². The van der Waals surface area contributed by atoms with Crippen molar-refractivity contribution in [3.8, 4) is 11.5 Å². The number of fused-ring (bicyclic) bond motifs is 1. The molecule has 0 bridgehead atoms. The molecule has 0 aromatic heterocycles. The fourth-order valence-corrected chi connectivity index (χ4v) is 4.39. The molecule has 6 nitrogen and oxygen atoms in total. The minimum atomic E-state index is -0.330. The maximum atomic E-state index is 13.6. The fraction of sp³-hybridized carbons (Fsp3) is 0.310. The molecule has 0 spiro atoms. The van der Waals surface area contributed by atoms with E-state index in [0.29, 0.717) is 17.2 Å². The van der Waals surface area contributed by atoms with Crippen molar-refractivity contribution in [3.63, 3.8) is 0 Å². The third-order valence-electron chi connectivity index (χ3n) is 6.35. The average molecular weight is 473 g/mol. The maximum absolute atomic E-state index is 13.6. The summed E-state index contributed by atoms with van der Waals surface area (Å²) in [6.45, 7) is 7.63. The standard InChI is InChI=1S/C29H32N2O4/c1-6-19(3)35-27-17-25-22(15-26(27)34-5)16-28(33)31(29(25)21-9-7-18(2)8-10-21)24-13-11-23(12-14-24)30-20(4)32/h7-15,17,19,29H,6,16H2,1-5H3,(H,30,32)/t19-,29?/m1/s1. The van der Waals surface area contributed by atoms with Crippen molar-refractivity contribution in [2.45, 2.75) is 52.7 Å². The second-order valence-corrected chi connectivity index (χ2v) is 9.02. The lowest BCUT2D eigenvalue weighted by Crippen LogP contribution is -2.41. The number of hydrogen-bond acceptors (Lipinski definition) is 4. The van der Waals surface area contributed by atoms with Gasteiger partial charge in [-0.25, -0.2) is 0 Å². The van der Waals surface area contributed by atoms with Gasteiger partial charge in [0.2, 0.25) is 11.8 Å². The van der Waals surface area contributed by atoms with Gasteiger partial charge in [-0.2, -0.15) is 0 Å². The van der Waals surface area contributed by atoms with Crippen LogP contribution in [0.3, 0.4) is 0 Å². The fourth-order valence-electron chi connectivity index (χ4n) is 4.39. The van der Waals surface area contributed by atoms with Crippen LogP contribution in [0.2, 0.25) is 0 Å². The molecule has 2 atom stereocenters. The van der Waals surface area contributed by atoms with Crippen LogP contribution in [0.1, 0.15) is 55.5 Å². The minimum absolute atomic E-state index is 0.00648. The summed E-state index contributed by atoms with van der Waals surface area (Å²) < 4.78 is 11.8. The highest BCUT2D eigenvalue weighted by molar-refractivity contribution is 5.99. The zero-order chi connectivity index (χ0) is 25.1. The highest BCUT2D eigenvalue weighted by atomic mass is 16.5. The number of benzene rings is 3. The van der Waals surface area contributed by atoms with Crippen molar-refractivity contribution in [2.75, 3.05) is 17.3 Å². The molecule has 2 amide bonds. The smallest absolute Gasteiger partial charge is 0.232 e. The summed E-state index contributed by atoms with van der Waals surface area (Å²) in [5, 5.41) is 2.78. The molecule has 0 radical (unpaired) electrons. The molecule has 0 aliphatic carbocycles. The second kappa shape index (κ2) is 10.2. The first-order valence-electron chi connectivity index (χ1n) is 11.9. The van der Waals surface area contributed by atoms with Gasteiger partial charge in [-0.1, -0.05) is 36.8 Å². The number of carbonyl (C=O) groups excluding carboxylic acids is 2. The molecule has 1 N–H and O–H groups in total. The van der Waals surface area contributed by atoms with E-state index >= 15 is 0 Å². The van der Waals surface area contributed by atoms with Crippen LogP contribution in [0.5, 0.6) is 11.5 Å². The molecule has 0 saturated carbocycles. The van der Waals surface area contributed by atoms with Crippen LogP contribution >= 0.6 is 0 Å². The number of amides is 2. The number of hydrogen-bond donors (Lipinski definition) is 1. The van der Waals surface area contributed by atoms with E-state index in [2.05, 4.69) is 36.5 Å². The Morgan fingerprint density at radius 3 is 2.37 bits per heavy atom. The number of anilines is 2. The van der Waals surface area contributed by atoms with Gasteiger partial charge >= 0.3 is 0 Å². The van der Waals surface area contributed by atoms with Crippen molar-refractivity contribution in [2.24, 2.45) is 0 Å². The normalized spacial score (nSPS) is 15.9. The van der Waals surface area contributed by atoms with Gasteiger partial charge in [-0.3, -0.25) is 9.59 Å². The molecule has 0 fully saturated rings. The largest absolute Gasteiger partial charge is 0.493 e. The van der Waals surface area contributed by atoms with E-state index in [-0.39, 0.29) is 30.4 Å². The van der Waals surface area contributed by atoms with E-state index in [1.807, 2.05) is 55.1 Å². The van der Waals surface area contributed by atoms with Gasteiger partial charge in [0.1, 0.15) is 0 Å². The summed E-state index contributed by atoms with van der Waals surface area (Å²) in [5.41, 5.74) is 5.55. The van der Waals surface area contributed by atoms with Crippen LogP contribution < -0.4 is 19.7 Å². The molecular weight excluding hydrogens is 440 g/mol. The summed E-state index contributed by atoms with van der Waals surface area (Å²) in [7, 11) is 1.62. The molecule has 1 aliphatic heterocycles. The second-order valence-electron chi connectivity index (χ2n) is 9.02. The third-order valence-corrected chi connectivity index (χ3v) is 6.35. The molecule has 6 heteroatoms. The van der Waals surface area contributed by atoms with E-state index in [0.717, 1.165) is 34.4 Å². The van der Waals surface area contributed by atoms with Gasteiger partial charge in [0.05, 0.1) is 25.7 Å². The molecule has 1 unspecified atom stereocenters. The van der Waals surface area contributed by atoms with Crippen molar-refractivity contribution >= 4 is 23.2 Å². The van der Waals surface area contributed by atoms with E-state index in [4.69, 9.17) is 9.47 Å². The van der Waals surface area contributed by atoms with Crippen molar-refractivity contribution in [3.05, 3.63) is 82.9 Å². The van der Waals surface area contributed by atoms with Gasteiger partial charge in [0.25, 0.3) is 0 Å². The Kier molecular flexibility index (Phi) is 7.10. The Balaban J connectivity index is 1.85. The van der Waals surface area contributed by atoms with Crippen molar-refractivity contribution < 1.29 is 19.1 Å². The molecule has 3 aromatic rings. The highest BCUT2D eigenvalue weighted by Crippen LogP contribution is 2.43. The molecule has 0 saturated heterocycles. The number of ether oxygens (including phenoxy) is 2. The first kappa shape index (κ1) is 24.3. The predicted molar refractivity (Wildman–Crippen MR) is 138 cm³/mol. The molecule has 4 rings (SSSR count). The van der Waals surface area contributed by atoms with Gasteiger partial charge in [-0.05, 0) is 73.4 Å². The summed E-state index contributed by atoms with van der Waals surface area (Å²) in [5.74, 6) is 1.16. The first-order valence-corrected chi connectivity index (χ1v) is 11.9. The molecule has 35 heavy (non-hydrogen) atoms. The van der Waals surface area contributed by atoms with Gasteiger partial charge in [0, 0.05) is 18.3 Å². The Morgan fingerprint density at radius 1 is 1.09 bits per heavy atom. The zero-order valence-corrected chi connectivity index (χ0v) is 20.9. The lowest BCUT2D eigenvalue weighted by Gasteiger charge is -2.38. The quantitative estimate of drug-likeness (QED) is 0.471. The molecule has 182 valence electrons. The number of nitrogens with one attached hydrogen (secondary N) is 1. The monoisotopic (exact) mass is 472 g/mol. The zero-order valence-electron chi connectivity index (χ0n) is 20.9. The number of carbonyl (C=O) groups is 2. The van der Waals surface area contributed by atoms with Gasteiger partial charge in [0.15, 0.2) is 11.5 Å². The van der Waals surface area contributed by atoms with Crippen LogP contribution in [0.4, 0.5) is 11.4 Å². The summed E-state index contributed by atoms with van der Waals surface area (Å²) in [6, 6.07) is 19.3. The van der Waals surface area contributed by atoms with E-state index in [1.165, 1.54) is 6.92 Å². The number of rotatable bonds is 7. The van der Waals surface area contributed by atoms with Crippen LogP contribution in [-0.4, -0.2) is 25.0 Å². The number of methoxy groups -OCH3 is 1. The molecule has 1 aliphatic rings. The van der Waals surface area contributed by atoms with Crippen LogP contribution in [0, 0.1) is 6.92 Å². The van der Waals surface area contributed by atoms with Crippen LogP contribution in [0.15, 0.2) is 60.7 Å². The van der Waals surface area contributed by atoms with Crippen molar-refractivity contribution in [1.82, 2.24) is 0 Å². The Labute approximate surface area is 206 Å². The predicted octanol–water partition coefficient (Wildman–Crippen LogP) is 5.82. The topological polar surface area (TPSA) is 67.9 Å². The van der Waals surface area contributed by atoms with Crippen LogP contribution in [-0.2, 0) is 16.0 Å². The van der Waals surface area contributed by atoms with E-state index < -0.39 is 0 Å². The molecular formula is C29H32N2O4. The van der Waals surface area contributed by atoms with E-state index in [9.17, 15) is 9.59 Å². The number of nitrogens with zero attached hydrogens (tertiary/aromatic N) is 1. The number of aryl methyl sites for hydroxylation is 1. The lowest BCUT2D eigenvalue weighted by molar-refractivity contribution is -0.118.